The lowest BCUT2D eigenvalue weighted by atomic mass is 9.96. The molecule has 234 valence electrons. The van der Waals surface area contributed by atoms with Gasteiger partial charge in [-0.15, -0.1) is 0 Å². The maximum atomic E-state index is 13.8. The number of hydrogen-bond acceptors (Lipinski definition) is 10. The van der Waals surface area contributed by atoms with Crippen LogP contribution in [0.25, 0.3) is 22.3 Å². The maximum absolute atomic E-state index is 13.8. The number of nitro benzene ring substituents is 1. The predicted molar refractivity (Wildman–Crippen MR) is 173 cm³/mol. The number of benzene rings is 3. The normalized spacial score (nSPS) is 11.3. The monoisotopic (exact) mass is 642 g/mol. The Bertz CT molecular complexity index is 2080. The third-order valence-electron chi connectivity index (χ3n) is 6.98. The van der Waals surface area contributed by atoms with Gasteiger partial charge in [-0.25, -0.2) is 9.97 Å². The van der Waals surface area contributed by atoms with Crippen LogP contribution < -0.4 is 15.0 Å². The second kappa shape index (κ2) is 13.1. The average molecular weight is 643 g/mol. The summed E-state index contributed by atoms with van der Waals surface area (Å²) in [5, 5.41) is 27.6. The molecule has 0 atom stereocenters. The van der Waals surface area contributed by atoms with Crippen molar-refractivity contribution < 1.29 is 19.3 Å². The number of halogens is 1. The van der Waals surface area contributed by atoms with Crippen LogP contribution in [-0.4, -0.2) is 37.3 Å². The fraction of sp³-hybridized carbons (Fsp3) is 0.188. The maximum Gasteiger partial charge on any atom is 0.313 e. The van der Waals surface area contributed by atoms with Crippen molar-refractivity contribution >= 4 is 40.1 Å². The van der Waals surface area contributed by atoms with E-state index in [2.05, 4.69) is 10.1 Å². The van der Waals surface area contributed by atoms with Crippen LogP contribution >= 0.6 is 11.6 Å². The predicted octanol–water partition coefficient (Wildman–Crippen LogP) is 7.43. The van der Waals surface area contributed by atoms with Crippen molar-refractivity contribution in [3.63, 3.8) is 0 Å². The second-order valence-corrected chi connectivity index (χ2v) is 10.8. The summed E-state index contributed by atoms with van der Waals surface area (Å²) >= 11 is 6.42. The zero-order valence-electron chi connectivity index (χ0n) is 25.1. The van der Waals surface area contributed by atoms with Gasteiger partial charge in [-0.1, -0.05) is 37.6 Å². The van der Waals surface area contributed by atoms with Gasteiger partial charge in [0, 0.05) is 29.3 Å². The first-order chi connectivity index (χ1) is 22.0. The van der Waals surface area contributed by atoms with Crippen molar-refractivity contribution in [3.05, 3.63) is 119 Å². The summed E-state index contributed by atoms with van der Waals surface area (Å²) in [6.07, 6.45) is 2.22. The average Bonchev–Trinajstić information content (AvgIpc) is 3.02. The Morgan fingerprint density at radius 3 is 2.48 bits per heavy atom. The van der Waals surface area contributed by atoms with Crippen LogP contribution in [0.4, 0.5) is 11.4 Å². The Labute approximate surface area is 267 Å². The minimum atomic E-state index is -0.699. The van der Waals surface area contributed by atoms with Crippen molar-refractivity contribution in [2.75, 3.05) is 6.61 Å². The molecule has 14 heteroatoms. The Balaban J connectivity index is 1.63. The van der Waals surface area contributed by atoms with Crippen LogP contribution in [0, 0.1) is 27.2 Å². The van der Waals surface area contributed by atoms with Gasteiger partial charge in [0.2, 0.25) is 11.6 Å². The summed E-state index contributed by atoms with van der Waals surface area (Å²) < 4.78 is 12.6. The molecule has 0 aliphatic rings. The van der Waals surface area contributed by atoms with Crippen molar-refractivity contribution in [1.29, 1.82) is 0 Å². The number of ether oxygens (including phenoxy) is 2. The molecule has 0 saturated carbocycles. The number of para-hydroxylation sites is 1. The largest absolute Gasteiger partial charge is 0.494 e. The first kappa shape index (κ1) is 31.7. The molecule has 2 heterocycles. The quantitative estimate of drug-likeness (QED) is 0.0855. The lowest BCUT2D eigenvalue weighted by Crippen LogP contribution is -2.21. The van der Waals surface area contributed by atoms with E-state index in [0.29, 0.717) is 23.1 Å². The number of aryl methyl sites for hydroxylation is 1. The summed E-state index contributed by atoms with van der Waals surface area (Å²) in [6.45, 7) is 8.37. The van der Waals surface area contributed by atoms with Gasteiger partial charge in [0.1, 0.15) is 11.9 Å². The molecule has 0 bridgehead atoms. The molecule has 0 spiro atoms. The molecule has 0 aliphatic heterocycles. The van der Waals surface area contributed by atoms with E-state index in [-0.39, 0.29) is 39.6 Å². The van der Waals surface area contributed by atoms with Crippen LogP contribution in [0.1, 0.15) is 43.4 Å². The minimum Gasteiger partial charge on any atom is -0.494 e. The van der Waals surface area contributed by atoms with Gasteiger partial charge < -0.3 is 9.47 Å². The van der Waals surface area contributed by atoms with Crippen LogP contribution in [0.5, 0.6) is 17.4 Å². The standard InChI is InChI=1S/C32H27ClN6O7/c1-5-45-28-12-19(4)24(15-23(28)18(2)3)31-36-26-9-7-6-8-22(26)32(40)37(31)35-16-20-13-25(33)30(27(14-20)39(43)44)46-29-11-10-21(17-34-29)38(41)42/h6-18H,5H2,1-4H3. The van der Waals surface area contributed by atoms with Crippen molar-refractivity contribution in [3.8, 4) is 28.8 Å². The number of pyridine rings is 1. The van der Waals surface area contributed by atoms with Gasteiger partial charge in [0.15, 0.2) is 5.82 Å². The van der Waals surface area contributed by atoms with E-state index >= 15 is 0 Å². The van der Waals surface area contributed by atoms with E-state index in [9.17, 15) is 25.0 Å². The highest BCUT2D eigenvalue weighted by atomic mass is 35.5. The fourth-order valence-electron chi connectivity index (χ4n) is 4.76. The SMILES string of the molecule is CCOc1cc(C)c(-c2nc3ccccc3c(=O)n2N=Cc2cc(Cl)c(Oc3ccc([N+](=O)[O-])cn3)c([N+](=O)[O-])c2)cc1C(C)C. The molecule has 0 aliphatic carbocycles. The second-order valence-electron chi connectivity index (χ2n) is 10.4. The number of aromatic nitrogens is 3. The smallest absolute Gasteiger partial charge is 0.313 e. The van der Waals surface area contributed by atoms with Crippen molar-refractivity contribution in [2.45, 2.75) is 33.6 Å². The summed E-state index contributed by atoms with van der Waals surface area (Å²) in [7, 11) is 0. The van der Waals surface area contributed by atoms with E-state index in [4.69, 9.17) is 26.1 Å². The van der Waals surface area contributed by atoms with E-state index in [0.717, 1.165) is 33.8 Å². The van der Waals surface area contributed by atoms with Gasteiger partial charge in [-0.3, -0.25) is 25.0 Å². The topological polar surface area (TPSA) is 165 Å². The zero-order chi connectivity index (χ0) is 33.1. The zero-order valence-corrected chi connectivity index (χ0v) is 25.9. The Kier molecular flexibility index (Phi) is 9.05. The van der Waals surface area contributed by atoms with Gasteiger partial charge >= 0.3 is 5.69 Å². The molecule has 5 rings (SSSR count). The molecule has 2 aromatic heterocycles. The highest BCUT2D eigenvalue weighted by molar-refractivity contribution is 6.32. The highest BCUT2D eigenvalue weighted by Crippen LogP contribution is 2.39. The molecule has 5 aromatic rings. The van der Waals surface area contributed by atoms with Crippen molar-refractivity contribution in [2.24, 2.45) is 5.10 Å². The first-order valence-corrected chi connectivity index (χ1v) is 14.5. The molecule has 13 nitrogen and oxygen atoms in total. The molecule has 0 N–H and O–H groups in total. The third kappa shape index (κ3) is 6.40. The summed E-state index contributed by atoms with van der Waals surface area (Å²) in [5.74, 6) is 0.663. The minimum absolute atomic E-state index is 0.106. The van der Waals surface area contributed by atoms with E-state index in [1.54, 1.807) is 24.3 Å². The van der Waals surface area contributed by atoms with E-state index in [1.165, 1.54) is 24.4 Å². The first-order valence-electron chi connectivity index (χ1n) is 14.1. The fourth-order valence-corrected chi connectivity index (χ4v) is 5.02. The molecular weight excluding hydrogens is 616 g/mol. The molecular formula is C32H27ClN6O7. The summed E-state index contributed by atoms with van der Waals surface area (Å²) in [5.41, 5.74) is 1.84. The number of fused-ring (bicyclic) bond motifs is 1. The molecule has 0 unspecified atom stereocenters. The third-order valence-corrected chi connectivity index (χ3v) is 7.26. The van der Waals surface area contributed by atoms with E-state index in [1.807, 2.05) is 39.8 Å². The van der Waals surface area contributed by atoms with Crippen LogP contribution in [-0.2, 0) is 0 Å². The van der Waals surface area contributed by atoms with E-state index < -0.39 is 21.1 Å². The van der Waals surface area contributed by atoms with Crippen LogP contribution in [0.15, 0.2) is 76.8 Å². The van der Waals surface area contributed by atoms with Gasteiger partial charge in [-0.05, 0) is 61.2 Å². The summed E-state index contributed by atoms with van der Waals surface area (Å²) in [4.78, 5) is 44.0. The molecule has 0 radical (unpaired) electrons. The molecule has 0 fully saturated rings. The Morgan fingerprint density at radius 2 is 1.83 bits per heavy atom. The van der Waals surface area contributed by atoms with Crippen molar-refractivity contribution in [1.82, 2.24) is 14.6 Å². The Morgan fingerprint density at radius 1 is 1.07 bits per heavy atom. The number of nitro groups is 2. The summed E-state index contributed by atoms with van der Waals surface area (Å²) in [6, 6.07) is 15.6. The number of nitrogens with zero attached hydrogens (tertiary/aromatic N) is 6. The van der Waals surface area contributed by atoms with Gasteiger partial charge in [0.05, 0.1) is 38.6 Å². The highest BCUT2D eigenvalue weighted by Gasteiger charge is 2.23. The van der Waals surface area contributed by atoms with Crippen LogP contribution in [0.3, 0.4) is 0 Å². The Hall–Kier alpha value is -5.69. The lowest BCUT2D eigenvalue weighted by molar-refractivity contribution is -0.385. The van der Waals surface area contributed by atoms with Gasteiger partial charge in [0.25, 0.3) is 11.2 Å². The molecule has 0 saturated heterocycles. The van der Waals surface area contributed by atoms with Gasteiger partial charge in [-0.2, -0.15) is 9.78 Å². The lowest BCUT2D eigenvalue weighted by Gasteiger charge is -2.18. The number of rotatable bonds is 10. The molecule has 46 heavy (non-hydrogen) atoms. The molecule has 3 aromatic carbocycles. The molecule has 0 amide bonds. The number of hydrogen-bond donors (Lipinski definition) is 0. The van der Waals surface area contributed by atoms with Crippen LogP contribution in [0.2, 0.25) is 5.02 Å².